The van der Waals surface area contributed by atoms with Gasteiger partial charge in [-0.3, -0.25) is 4.79 Å². The molecule has 0 aromatic carbocycles. The Hall–Kier alpha value is -1.66. The predicted octanol–water partition coefficient (Wildman–Crippen LogP) is 0.768. The normalized spacial score (nSPS) is 12.3. The molecule has 1 unspecified atom stereocenters. The number of pyridine rings is 1. The average molecular weight is 252 g/mol. The largest absolute Gasteiger partial charge is 0.383 e. The molecule has 1 heterocycles. The van der Waals surface area contributed by atoms with Crippen LogP contribution in [0.4, 0.5) is 5.82 Å². The van der Waals surface area contributed by atoms with Crippen LogP contribution in [0.15, 0.2) is 18.2 Å². The number of anilines is 1. The number of aromatic nitrogens is 1. The second-order valence-electron chi connectivity index (χ2n) is 4.33. The molecule has 0 aliphatic carbocycles. The molecule has 1 atom stereocenters. The molecule has 0 spiro atoms. The molecule has 1 amide bonds. The van der Waals surface area contributed by atoms with E-state index in [0.29, 0.717) is 18.1 Å². The van der Waals surface area contributed by atoms with Gasteiger partial charge in [0.15, 0.2) is 0 Å². The molecular formula is C12H20N4O2. The summed E-state index contributed by atoms with van der Waals surface area (Å²) >= 11 is 0. The lowest BCUT2D eigenvalue weighted by atomic mass is 10.1. The number of methoxy groups -OCH3 is 1. The number of carbonyl (C=O) groups excluding carboxylic acids is 1. The molecule has 0 saturated heterocycles. The molecule has 0 bridgehead atoms. The molecule has 1 aromatic heterocycles. The third-order valence-corrected chi connectivity index (χ3v) is 2.60. The summed E-state index contributed by atoms with van der Waals surface area (Å²) < 4.78 is 5.08. The van der Waals surface area contributed by atoms with Crippen LogP contribution in [0, 0.1) is 5.92 Å². The zero-order valence-electron chi connectivity index (χ0n) is 10.9. The van der Waals surface area contributed by atoms with Gasteiger partial charge >= 0.3 is 0 Å². The Morgan fingerprint density at radius 2 is 2.22 bits per heavy atom. The first-order valence-electron chi connectivity index (χ1n) is 5.82. The van der Waals surface area contributed by atoms with Gasteiger partial charge in [0.05, 0.1) is 12.6 Å². The summed E-state index contributed by atoms with van der Waals surface area (Å²) in [4.78, 5) is 16.1. The zero-order valence-corrected chi connectivity index (χ0v) is 10.9. The van der Waals surface area contributed by atoms with Gasteiger partial charge in [-0.15, -0.1) is 0 Å². The first-order valence-corrected chi connectivity index (χ1v) is 5.82. The van der Waals surface area contributed by atoms with Gasteiger partial charge < -0.3 is 15.5 Å². The molecule has 0 saturated carbocycles. The molecule has 4 N–H and O–H groups in total. The topological polar surface area (TPSA) is 89.3 Å². The quantitative estimate of drug-likeness (QED) is 0.514. The van der Waals surface area contributed by atoms with Crippen molar-refractivity contribution >= 4 is 11.7 Å². The summed E-state index contributed by atoms with van der Waals surface area (Å²) in [7, 11) is 1.61. The second-order valence-corrected chi connectivity index (χ2v) is 4.33. The number of hydrazine groups is 1. The maximum atomic E-state index is 12.0. The minimum Gasteiger partial charge on any atom is -0.383 e. The van der Waals surface area contributed by atoms with Crippen LogP contribution >= 0.6 is 0 Å². The lowest BCUT2D eigenvalue weighted by molar-refractivity contribution is 0.0862. The first kappa shape index (κ1) is 14.4. The van der Waals surface area contributed by atoms with Gasteiger partial charge in [-0.1, -0.05) is 19.9 Å². The number of ether oxygens (including phenoxy) is 1. The number of rotatable bonds is 6. The van der Waals surface area contributed by atoms with Crippen molar-refractivity contribution in [3.05, 3.63) is 23.9 Å². The van der Waals surface area contributed by atoms with Gasteiger partial charge in [0.25, 0.3) is 5.91 Å². The van der Waals surface area contributed by atoms with E-state index >= 15 is 0 Å². The van der Waals surface area contributed by atoms with Gasteiger partial charge in [0.2, 0.25) is 0 Å². The number of nitrogens with zero attached hydrogens (tertiary/aromatic N) is 1. The highest BCUT2D eigenvalue weighted by Crippen LogP contribution is 2.06. The van der Waals surface area contributed by atoms with Crippen molar-refractivity contribution in [2.45, 2.75) is 19.9 Å². The van der Waals surface area contributed by atoms with E-state index in [-0.39, 0.29) is 17.9 Å². The van der Waals surface area contributed by atoms with Gasteiger partial charge in [0.1, 0.15) is 11.5 Å². The smallest absolute Gasteiger partial charge is 0.270 e. The molecule has 100 valence electrons. The van der Waals surface area contributed by atoms with Crippen molar-refractivity contribution in [2.75, 3.05) is 19.1 Å². The first-order chi connectivity index (χ1) is 8.58. The fourth-order valence-electron chi connectivity index (χ4n) is 1.46. The predicted molar refractivity (Wildman–Crippen MR) is 70.0 cm³/mol. The van der Waals surface area contributed by atoms with E-state index in [1.54, 1.807) is 25.3 Å². The zero-order chi connectivity index (χ0) is 13.5. The molecular weight excluding hydrogens is 232 g/mol. The molecule has 0 radical (unpaired) electrons. The van der Waals surface area contributed by atoms with E-state index in [9.17, 15) is 4.79 Å². The number of carbonyl (C=O) groups is 1. The Balaban J connectivity index is 2.73. The third-order valence-electron chi connectivity index (χ3n) is 2.60. The van der Waals surface area contributed by atoms with Crippen molar-refractivity contribution in [1.29, 1.82) is 0 Å². The van der Waals surface area contributed by atoms with E-state index in [4.69, 9.17) is 10.6 Å². The van der Waals surface area contributed by atoms with Crippen molar-refractivity contribution in [1.82, 2.24) is 10.3 Å². The highest BCUT2D eigenvalue weighted by molar-refractivity contribution is 5.92. The second kappa shape index (κ2) is 6.93. The maximum Gasteiger partial charge on any atom is 0.270 e. The highest BCUT2D eigenvalue weighted by Gasteiger charge is 2.17. The van der Waals surface area contributed by atoms with Crippen molar-refractivity contribution in [2.24, 2.45) is 11.8 Å². The molecule has 0 aliphatic rings. The van der Waals surface area contributed by atoms with E-state index in [2.05, 4.69) is 15.7 Å². The Kier molecular flexibility index (Phi) is 5.54. The van der Waals surface area contributed by atoms with Crippen LogP contribution < -0.4 is 16.6 Å². The molecule has 6 nitrogen and oxygen atoms in total. The van der Waals surface area contributed by atoms with Gasteiger partial charge in [-0.25, -0.2) is 10.8 Å². The SMILES string of the molecule is COCC(NC(=O)c1cccc(NN)n1)C(C)C. The number of hydrogen-bond donors (Lipinski definition) is 3. The number of nitrogen functional groups attached to an aromatic ring is 1. The third kappa shape index (κ3) is 3.97. The highest BCUT2D eigenvalue weighted by atomic mass is 16.5. The van der Waals surface area contributed by atoms with E-state index in [0.717, 1.165) is 0 Å². The summed E-state index contributed by atoms with van der Waals surface area (Å²) in [6.07, 6.45) is 0. The van der Waals surface area contributed by atoms with Crippen LogP contribution in [-0.4, -0.2) is 30.6 Å². The fourth-order valence-corrected chi connectivity index (χ4v) is 1.46. The standard InChI is InChI=1S/C12H20N4O2/c1-8(2)10(7-18-3)15-12(17)9-5-4-6-11(14-9)16-13/h4-6,8,10H,7,13H2,1-3H3,(H,14,16)(H,15,17). The van der Waals surface area contributed by atoms with Crippen LogP contribution in [0.2, 0.25) is 0 Å². The molecule has 1 aromatic rings. The average Bonchev–Trinajstić information content (AvgIpc) is 2.38. The van der Waals surface area contributed by atoms with Crippen LogP contribution in [0.5, 0.6) is 0 Å². The van der Waals surface area contributed by atoms with Crippen LogP contribution in [-0.2, 0) is 4.74 Å². The summed E-state index contributed by atoms with van der Waals surface area (Å²) in [6.45, 7) is 4.52. The number of hydrogen-bond acceptors (Lipinski definition) is 5. The molecule has 0 aliphatic heterocycles. The van der Waals surface area contributed by atoms with Gasteiger partial charge in [-0.2, -0.15) is 0 Å². The lowest BCUT2D eigenvalue weighted by Gasteiger charge is -2.21. The Morgan fingerprint density at radius 1 is 1.50 bits per heavy atom. The number of amides is 1. The summed E-state index contributed by atoms with van der Waals surface area (Å²) in [5.41, 5.74) is 2.73. The molecule has 0 fully saturated rings. The molecule has 6 heteroatoms. The van der Waals surface area contributed by atoms with Crippen LogP contribution in [0.25, 0.3) is 0 Å². The van der Waals surface area contributed by atoms with E-state index in [1.807, 2.05) is 13.8 Å². The monoisotopic (exact) mass is 252 g/mol. The van der Waals surface area contributed by atoms with Crippen molar-refractivity contribution in [3.8, 4) is 0 Å². The lowest BCUT2D eigenvalue weighted by Crippen LogP contribution is -2.42. The summed E-state index contributed by atoms with van der Waals surface area (Å²) in [6, 6.07) is 5.00. The number of nitrogens with two attached hydrogens (primary N) is 1. The van der Waals surface area contributed by atoms with E-state index < -0.39 is 0 Å². The Labute approximate surface area is 107 Å². The Morgan fingerprint density at radius 3 is 2.78 bits per heavy atom. The molecule has 1 rings (SSSR count). The van der Waals surface area contributed by atoms with Crippen LogP contribution in [0.3, 0.4) is 0 Å². The Bertz CT molecular complexity index is 395. The van der Waals surface area contributed by atoms with Crippen LogP contribution in [0.1, 0.15) is 24.3 Å². The summed E-state index contributed by atoms with van der Waals surface area (Å²) in [5, 5.41) is 2.89. The fraction of sp³-hybridized carbons (Fsp3) is 0.500. The van der Waals surface area contributed by atoms with Gasteiger partial charge in [-0.05, 0) is 18.1 Å². The minimum atomic E-state index is -0.233. The maximum absolute atomic E-state index is 12.0. The van der Waals surface area contributed by atoms with E-state index in [1.165, 1.54) is 0 Å². The number of nitrogens with one attached hydrogen (secondary N) is 2. The van der Waals surface area contributed by atoms with Gasteiger partial charge in [0, 0.05) is 7.11 Å². The molecule has 18 heavy (non-hydrogen) atoms. The summed E-state index contributed by atoms with van der Waals surface area (Å²) in [5.74, 6) is 5.75. The van der Waals surface area contributed by atoms with Crippen molar-refractivity contribution < 1.29 is 9.53 Å². The van der Waals surface area contributed by atoms with Crippen molar-refractivity contribution in [3.63, 3.8) is 0 Å². The minimum absolute atomic E-state index is 0.0428.